The first-order valence-corrected chi connectivity index (χ1v) is 10.4. The maximum absolute atomic E-state index is 12.3. The minimum absolute atomic E-state index is 0.306. The van der Waals surface area contributed by atoms with E-state index in [1.807, 2.05) is 30.9 Å². The van der Waals surface area contributed by atoms with Crippen molar-refractivity contribution in [3.63, 3.8) is 0 Å². The number of unbranched alkanes of at least 4 members (excludes halogenated alkanes) is 2. The van der Waals surface area contributed by atoms with Gasteiger partial charge in [-0.05, 0) is 44.9 Å². The van der Waals surface area contributed by atoms with Crippen molar-refractivity contribution in [2.75, 3.05) is 39.3 Å². The van der Waals surface area contributed by atoms with Gasteiger partial charge in [0.2, 0.25) is 5.91 Å². The summed E-state index contributed by atoms with van der Waals surface area (Å²) < 4.78 is 5.71. The maximum Gasteiger partial charge on any atom is 0.222 e. The highest BCUT2D eigenvalue weighted by atomic mass is 16.5. The van der Waals surface area contributed by atoms with Crippen LogP contribution in [0.3, 0.4) is 0 Å². The van der Waals surface area contributed by atoms with Gasteiger partial charge in [0.25, 0.3) is 0 Å². The van der Waals surface area contributed by atoms with Crippen molar-refractivity contribution in [1.82, 2.24) is 9.80 Å². The monoisotopic (exact) mass is 362 g/mol. The molecule has 0 saturated carbocycles. The Morgan fingerprint density at radius 2 is 1.65 bits per heavy atom. The predicted octanol–water partition coefficient (Wildman–Crippen LogP) is 4.51. The van der Waals surface area contributed by atoms with Crippen molar-refractivity contribution < 1.29 is 9.53 Å². The van der Waals surface area contributed by atoms with E-state index in [-0.39, 0.29) is 0 Å². The molecule has 4 nitrogen and oxygen atoms in total. The summed E-state index contributed by atoms with van der Waals surface area (Å²) in [6.07, 6.45) is 4.97. The largest absolute Gasteiger partial charge is 0.494 e. The summed E-state index contributed by atoms with van der Waals surface area (Å²) in [5.41, 5.74) is 1.24. The van der Waals surface area contributed by atoms with E-state index in [0.717, 1.165) is 44.8 Å². The van der Waals surface area contributed by atoms with Gasteiger partial charge in [0.05, 0.1) is 6.61 Å². The van der Waals surface area contributed by atoms with E-state index in [2.05, 4.69) is 30.9 Å². The molecular weight excluding hydrogens is 324 g/mol. The molecule has 148 valence electrons. The van der Waals surface area contributed by atoms with Gasteiger partial charge in [0.1, 0.15) is 5.75 Å². The van der Waals surface area contributed by atoms with Crippen LogP contribution in [-0.2, 0) is 4.79 Å². The normalized spacial score (nSPS) is 14.5. The molecule has 1 heterocycles. The highest BCUT2D eigenvalue weighted by Gasteiger charge is 2.19. The number of piperazine rings is 1. The smallest absolute Gasteiger partial charge is 0.222 e. The van der Waals surface area contributed by atoms with Crippen molar-refractivity contribution in [1.29, 1.82) is 0 Å². The molecule has 26 heavy (non-hydrogen) atoms. The first-order chi connectivity index (χ1) is 12.7. The molecule has 0 unspecified atom stereocenters. The Kier molecular flexibility index (Phi) is 11.8. The lowest BCUT2D eigenvalue weighted by molar-refractivity contribution is -0.133. The Balaban J connectivity index is 0.00000163. The van der Waals surface area contributed by atoms with E-state index < -0.39 is 0 Å². The molecular formula is C22H38N2O2. The summed E-state index contributed by atoms with van der Waals surface area (Å²) in [4.78, 5) is 16.8. The number of nitrogens with zero attached hydrogens (tertiary/aromatic N) is 2. The second-order valence-corrected chi connectivity index (χ2v) is 6.69. The average molecular weight is 363 g/mol. The van der Waals surface area contributed by atoms with Gasteiger partial charge in [-0.25, -0.2) is 0 Å². The number of ether oxygens (including phenoxy) is 1. The molecule has 1 aromatic rings. The van der Waals surface area contributed by atoms with Gasteiger partial charge in [0, 0.05) is 32.6 Å². The van der Waals surface area contributed by atoms with Crippen LogP contribution in [0, 0.1) is 6.92 Å². The van der Waals surface area contributed by atoms with Crippen molar-refractivity contribution in [3.8, 4) is 5.75 Å². The third kappa shape index (κ3) is 8.70. The fourth-order valence-corrected chi connectivity index (χ4v) is 2.96. The second-order valence-electron chi connectivity index (χ2n) is 6.69. The average Bonchev–Trinajstić information content (AvgIpc) is 2.69. The molecule has 1 fully saturated rings. The Hall–Kier alpha value is -1.55. The van der Waals surface area contributed by atoms with Gasteiger partial charge in [-0.2, -0.15) is 0 Å². The summed E-state index contributed by atoms with van der Waals surface area (Å²) in [5, 5.41) is 0. The number of carbonyl (C=O) groups is 1. The highest BCUT2D eigenvalue weighted by molar-refractivity contribution is 5.76. The Bertz CT molecular complexity index is 479. The lowest BCUT2D eigenvalue weighted by Gasteiger charge is -2.34. The summed E-state index contributed by atoms with van der Waals surface area (Å²) in [6.45, 7) is 14.0. The van der Waals surface area contributed by atoms with E-state index in [0.29, 0.717) is 18.9 Å². The number of aryl methyl sites for hydroxylation is 1. The molecule has 1 aliphatic heterocycles. The van der Waals surface area contributed by atoms with Crippen LogP contribution < -0.4 is 4.74 Å². The van der Waals surface area contributed by atoms with Crippen LogP contribution >= 0.6 is 0 Å². The molecule has 4 heteroatoms. The Morgan fingerprint density at radius 1 is 1.00 bits per heavy atom. The second kappa shape index (κ2) is 13.6. The number of hydrogen-bond acceptors (Lipinski definition) is 3. The minimum Gasteiger partial charge on any atom is -0.494 e. The number of carbonyl (C=O) groups excluding carboxylic acids is 1. The van der Waals surface area contributed by atoms with Crippen LogP contribution in [0.2, 0.25) is 0 Å². The zero-order valence-corrected chi connectivity index (χ0v) is 17.3. The number of hydrogen-bond donors (Lipinski definition) is 0. The van der Waals surface area contributed by atoms with Crippen molar-refractivity contribution in [3.05, 3.63) is 29.8 Å². The fourth-order valence-electron chi connectivity index (χ4n) is 2.96. The van der Waals surface area contributed by atoms with Gasteiger partial charge in [-0.1, -0.05) is 44.9 Å². The zero-order valence-electron chi connectivity index (χ0n) is 17.3. The standard InChI is InChI=1S/C20H32N2O2.C2H6/c1-3-4-12-21-13-15-22(16-14-21)20(23)7-5-6-17-24-19-10-8-18(2)9-11-19;1-2/h8-11H,3-7,12-17H2,1-2H3;1-2H3. The lowest BCUT2D eigenvalue weighted by Crippen LogP contribution is -2.48. The van der Waals surface area contributed by atoms with Crippen molar-refractivity contribution >= 4 is 5.91 Å². The molecule has 1 aromatic carbocycles. The topological polar surface area (TPSA) is 32.8 Å². The maximum atomic E-state index is 12.3. The third-order valence-electron chi connectivity index (χ3n) is 4.63. The first kappa shape index (κ1) is 22.5. The van der Waals surface area contributed by atoms with E-state index in [1.54, 1.807) is 0 Å². The van der Waals surface area contributed by atoms with E-state index in [9.17, 15) is 4.79 Å². The molecule has 0 aliphatic carbocycles. The molecule has 0 aromatic heterocycles. The molecule has 1 aliphatic rings. The van der Waals surface area contributed by atoms with Gasteiger partial charge >= 0.3 is 0 Å². The van der Waals surface area contributed by atoms with Crippen LogP contribution in [-0.4, -0.2) is 55.0 Å². The fraction of sp³-hybridized carbons (Fsp3) is 0.682. The first-order valence-electron chi connectivity index (χ1n) is 10.4. The van der Waals surface area contributed by atoms with Crippen LogP contribution in [0.15, 0.2) is 24.3 Å². The predicted molar refractivity (Wildman–Crippen MR) is 110 cm³/mol. The molecule has 1 amide bonds. The molecule has 0 atom stereocenters. The van der Waals surface area contributed by atoms with E-state index >= 15 is 0 Å². The zero-order chi connectivity index (χ0) is 19.2. The van der Waals surface area contributed by atoms with Gasteiger partial charge in [0.15, 0.2) is 0 Å². The molecule has 0 bridgehead atoms. The van der Waals surface area contributed by atoms with Crippen LogP contribution in [0.5, 0.6) is 5.75 Å². The molecule has 0 radical (unpaired) electrons. The van der Waals surface area contributed by atoms with Crippen LogP contribution in [0.4, 0.5) is 0 Å². The highest BCUT2D eigenvalue weighted by Crippen LogP contribution is 2.12. The summed E-state index contributed by atoms with van der Waals surface area (Å²) in [7, 11) is 0. The lowest BCUT2D eigenvalue weighted by atomic mass is 10.2. The third-order valence-corrected chi connectivity index (χ3v) is 4.63. The van der Waals surface area contributed by atoms with Gasteiger partial charge < -0.3 is 9.64 Å². The number of rotatable bonds is 9. The summed E-state index contributed by atoms with van der Waals surface area (Å²) in [6, 6.07) is 8.11. The number of amides is 1. The molecule has 0 spiro atoms. The summed E-state index contributed by atoms with van der Waals surface area (Å²) in [5.74, 6) is 1.22. The SMILES string of the molecule is CC.CCCCN1CCN(C(=O)CCCCOc2ccc(C)cc2)CC1. The quantitative estimate of drug-likeness (QED) is 0.606. The van der Waals surface area contributed by atoms with E-state index in [1.165, 1.54) is 24.9 Å². The van der Waals surface area contributed by atoms with Crippen molar-refractivity contribution in [2.24, 2.45) is 0 Å². The molecule has 0 N–H and O–H groups in total. The summed E-state index contributed by atoms with van der Waals surface area (Å²) >= 11 is 0. The van der Waals surface area contributed by atoms with Crippen LogP contribution in [0.1, 0.15) is 58.4 Å². The van der Waals surface area contributed by atoms with Gasteiger partial charge in [-0.15, -0.1) is 0 Å². The van der Waals surface area contributed by atoms with Gasteiger partial charge in [-0.3, -0.25) is 9.69 Å². The van der Waals surface area contributed by atoms with Crippen molar-refractivity contribution in [2.45, 2.75) is 59.8 Å². The molecule has 1 saturated heterocycles. The Labute approximate surface area is 160 Å². The molecule has 2 rings (SSSR count). The van der Waals surface area contributed by atoms with Crippen LogP contribution in [0.25, 0.3) is 0 Å². The minimum atomic E-state index is 0.306. The number of benzene rings is 1. The Morgan fingerprint density at radius 3 is 2.27 bits per heavy atom. The van der Waals surface area contributed by atoms with E-state index in [4.69, 9.17) is 4.74 Å².